The van der Waals surface area contributed by atoms with Crippen LogP contribution in [0.1, 0.15) is 21.5 Å². The van der Waals surface area contributed by atoms with E-state index < -0.39 is 11.8 Å². The predicted molar refractivity (Wildman–Crippen MR) is 129 cm³/mol. The van der Waals surface area contributed by atoms with Gasteiger partial charge in [-0.2, -0.15) is 0 Å². The fraction of sp³-hybridized carbons (Fsp3) is 0.0769. The number of amides is 2. The van der Waals surface area contributed by atoms with Crippen molar-refractivity contribution in [1.82, 2.24) is 10.3 Å². The van der Waals surface area contributed by atoms with E-state index in [2.05, 4.69) is 20.5 Å². The van der Waals surface area contributed by atoms with Gasteiger partial charge in [0.2, 0.25) is 12.7 Å². The molecule has 0 aliphatic carbocycles. The second-order valence-electron chi connectivity index (χ2n) is 7.87. The lowest BCUT2D eigenvalue weighted by molar-refractivity contribution is -0.115. The maximum atomic E-state index is 13.1. The van der Waals surface area contributed by atoms with Crippen LogP contribution in [0.3, 0.4) is 0 Å². The van der Waals surface area contributed by atoms with Crippen LogP contribution in [0.5, 0.6) is 17.4 Å². The van der Waals surface area contributed by atoms with Gasteiger partial charge in [-0.1, -0.05) is 35.9 Å². The van der Waals surface area contributed by atoms with Crippen LogP contribution in [0.15, 0.2) is 82.7 Å². The van der Waals surface area contributed by atoms with Gasteiger partial charge in [-0.15, -0.1) is 10.2 Å². The van der Waals surface area contributed by atoms with Crippen LogP contribution in [0.25, 0.3) is 17.0 Å². The van der Waals surface area contributed by atoms with Crippen molar-refractivity contribution in [2.75, 3.05) is 6.79 Å². The minimum Gasteiger partial charge on any atom is -0.493 e. The quantitative estimate of drug-likeness (QED) is 0.281. The van der Waals surface area contributed by atoms with Gasteiger partial charge in [-0.05, 0) is 55.0 Å². The van der Waals surface area contributed by atoms with Crippen LogP contribution in [-0.4, -0.2) is 28.7 Å². The van der Waals surface area contributed by atoms with E-state index in [-0.39, 0.29) is 24.1 Å². The van der Waals surface area contributed by atoms with Gasteiger partial charge in [0.15, 0.2) is 17.2 Å². The SMILES string of the molecule is Cc1ccc2[nH]c(O)c(N=NC(=O)C(=Cc3ccc4c(c3)OCO4)NC(=O)c3ccccc3)c2c1. The lowest BCUT2D eigenvalue weighted by Gasteiger charge is -2.07. The van der Waals surface area contributed by atoms with Crippen LogP contribution < -0.4 is 14.8 Å². The summed E-state index contributed by atoms with van der Waals surface area (Å²) in [5.41, 5.74) is 2.61. The first-order valence-corrected chi connectivity index (χ1v) is 10.7. The minimum atomic E-state index is -0.798. The number of carbonyl (C=O) groups excluding carboxylic acids is 2. The minimum absolute atomic E-state index is 0.100. The lowest BCUT2D eigenvalue weighted by atomic mass is 10.1. The fourth-order valence-corrected chi connectivity index (χ4v) is 3.63. The van der Waals surface area contributed by atoms with Gasteiger partial charge in [0.25, 0.3) is 5.91 Å². The number of hydrogen-bond acceptors (Lipinski definition) is 6. The van der Waals surface area contributed by atoms with Crippen LogP contribution in [0.4, 0.5) is 5.69 Å². The van der Waals surface area contributed by atoms with Gasteiger partial charge in [-0.3, -0.25) is 9.59 Å². The number of benzene rings is 3. The highest BCUT2D eigenvalue weighted by molar-refractivity contribution is 6.05. The molecule has 174 valence electrons. The summed E-state index contributed by atoms with van der Waals surface area (Å²) in [7, 11) is 0. The first kappa shape index (κ1) is 21.9. The van der Waals surface area contributed by atoms with E-state index >= 15 is 0 Å². The molecule has 0 bridgehead atoms. The molecule has 9 heteroatoms. The van der Waals surface area contributed by atoms with Crippen LogP contribution in [0.2, 0.25) is 0 Å². The third-order valence-electron chi connectivity index (χ3n) is 5.37. The first-order valence-electron chi connectivity index (χ1n) is 10.7. The normalized spacial score (nSPS) is 12.9. The van der Waals surface area contributed by atoms with E-state index in [4.69, 9.17) is 9.47 Å². The van der Waals surface area contributed by atoms with Gasteiger partial charge >= 0.3 is 5.91 Å². The molecule has 3 aromatic carbocycles. The molecule has 3 N–H and O–H groups in total. The smallest absolute Gasteiger partial charge is 0.311 e. The van der Waals surface area contributed by atoms with Gasteiger partial charge < -0.3 is 24.9 Å². The highest BCUT2D eigenvalue weighted by Crippen LogP contribution is 2.36. The third-order valence-corrected chi connectivity index (χ3v) is 5.37. The Balaban J connectivity index is 1.48. The Labute approximate surface area is 199 Å². The summed E-state index contributed by atoms with van der Waals surface area (Å²) in [6.07, 6.45) is 1.48. The molecular weight excluding hydrogens is 448 g/mol. The van der Waals surface area contributed by atoms with Crippen molar-refractivity contribution in [3.8, 4) is 17.4 Å². The molecule has 0 saturated heterocycles. The average Bonchev–Trinajstić information content (AvgIpc) is 3.45. The second-order valence-corrected chi connectivity index (χ2v) is 7.87. The monoisotopic (exact) mass is 468 g/mol. The van der Waals surface area contributed by atoms with Crippen molar-refractivity contribution < 1.29 is 24.2 Å². The summed E-state index contributed by atoms with van der Waals surface area (Å²) in [6.45, 7) is 2.02. The second kappa shape index (κ2) is 9.14. The molecule has 35 heavy (non-hydrogen) atoms. The first-order chi connectivity index (χ1) is 17.0. The maximum Gasteiger partial charge on any atom is 0.311 e. The van der Waals surface area contributed by atoms with E-state index in [0.29, 0.717) is 33.5 Å². The number of fused-ring (bicyclic) bond motifs is 2. The van der Waals surface area contributed by atoms with Gasteiger partial charge in [0.1, 0.15) is 5.70 Å². The van der Waals surface area contributed by atoms with Crippen molar-refractivity contribution in [2.45, 2.75) is 6.92 Å². The van der Waals surface area contributed by atoms with Gasteiger partial charge in [-0.25, -0.2) is 0 Å². The summed E-state index contributed by atoms with van der Waals surface area (Å²) in [6, 6.07) is 19.1. The van der Waals surface area contributed by atoms with Crippen molar-refractivity contribution in [3.63, 3.8) is 0 Å². The summed E-state index contributed by atoms with van der Waals surface area (Å²) < 4.78 is 10.7. The molecule has 0 spiro atoms. The standard InChI is InChI=1S/C26H20N4O5/c1-15-7-9-19-18(11-15)23(26(33)27-19)29-30-25(32)20(28-24(31)17-5-3-2-4-6-17)12-16-8-10-21-22(13-16)35-14-34-21/h2-13,27,33H,14H2,1H3,(H,28,31). The number of H-pyrrole nitrogens is 1. The molecule has 0 fully saturated rings. The maximum absolute atomic E-state index is 13.1. The molecule has 0 saturated carbocycles. The molecule has 1 aromatic heterocycles. The molecule has 2 amide bonds. The molecular formula is C26H20N4O5. The zero-order valence-corrected chi connectivity index (χ0v) is 18.6. The molecule has 1 aliphatic rings. The number of carbonyl (C=O) groups is 2. The fourth-order valence-electron chi connectivity index (χ4n) is 3.63. The molecule has 5 rings (SSSR count). The van der Waals surface area contributed by atoms with Crippen LogP contribution in [-0.2, 0) is 4.79 Å². The number of aromatic amines is 1. The van der Waals surface area contributed by atoms with Crippen LogP contribution in [0, 0.1) is 6.92 Å². The molecule has 2 heterocycles. The Morgan fingerprint density at radius 3 is 2.66 bits per heavy atom. The number of ether oxygens (including phenoxy) is 2. The predicted octanol–water partition coefficient (Wildman–Crippen LogP) is 4.99. The highest BCUT2D eigenvalue weighted by Gasteiger charge is 2.18. The number of rotatable bonds is 5. The topological polar surface area (TPSA) is 125 Å². The Morgan fingerprint density at radius 2 is 1.83 bits per heavy atom. The average molecular weight is 468 g/mol. The van der Waals surface area contributed by atoms with Crippen LogP contribution >= 0.6 is 0 Å². The zero-order chi connectivity index (χ0) is 24.4. The number of hydrogen-bond donors (Lipinski definition) is 3. The van der Waals surface area contributed by atoms with Crippen molar-refractivity contribution in [1.29, 1.82) is 0 Å². The largest absolute Gasteiger partial charge is 0.493 e. The van der Waals surface area contributed by atoms with Crippen molar-refractivity contribution >= 4 is 34.5 Å². The molecule has 9 nitrogen and oxygen atoms in total. The number of nitrogens with one attached hydrogen (secondary N) is 2. The van der Waals surface area contributed by atoms with Crippen molar-refractivity contribution in [3.05, 3.63) is 89.1 Å². The highest BCUT2D eigenvalue weighted by atomic mass is 16.7. The zero-order valence-electron chi connectivity index (χ0n) is 18.6. The molecule has 4 aromatic rings. The van der Waals surface area contributed by atoms with Gasteiger partial charge in [0.05, 0.1) is 5.52 Å². The summed E-state index contributed by atoms with van der Waals surface area (Å²) in [5, 5.41) is 21.3. The number of nitrogens with zero attached hydrogens (tertiary/aromatic N) is 2. The molecule has 1 aliphatic heterocycles. The van der Waals surface area contributed by atoms with E-state index in [1.165, 1.54) is 6.08 Å². The number of aromatic nitrogens is 1. The molecule has 0 atom stereocenters. The molecule has 0 radical (unpaired) electrons. The summed E-state index contributed by atoms with van der Waals surface area (Å²) in [5.74, 6) is -0.370. The van der Waals surface area contributed by atoms with E-state index in [1.54, 1.807) is 54.6 Å². The number of aromatic hydroxyl groups is 1. The molecule has 0 unspecified atom stereocenters. The third kappa shape index (κ3) is 4.60. The van der Waals surface area contributed by atoms with Gasteiger partial charge in [0, 0.05) is 10.9 Å². The lowest BCUT2D eigenvalue weighted by Crippen LogP contribution is -2.26. The van der Waals surface area contributed by atoms with E-state index in [1.807, 2.05) is 19.1 Å². The Hall–Kier alpha value is -4.92. The van der Waals surface area contributed by atoms with Crippen molar-refractivity contribution in [2.24, 2.45) is 10.2 Å². The van der Waals surface area contributed by atoms with E-state index in [0.717, 1.165) is 5.56 Å². The Bertz CT molecular complexity index is 1510. The summed E-state index contributed by atoms with van der Waals surface area (Å²) >= 11 is 0. The Kier molecular flexibility index (Phi) is 5.72. The van der Waals surface area contributed by atoms with E-state index in [9.17, 15) is 14.7 Å². The Morgan fingerprint density at radius 1 is 1.03 bits per heavy atom. The number of aryl methyl sites for hydroxylation is 1. The summed E-state index contributed by atoms with van der Waals surface area (Å²) in [4.78, 5) is 28.6. The number of azo groups is 1.